The Kier molecular flexibility index (Phi) is 6.17. The first kappa shape index (κ1) is 21.5. The van der Waals surface area contributed by atoms with Crippen molar-refractivity contribution in [3.8, 4) is 6.07 Å². The van der Waals surface area contributed by atoms with Gasteiger partial charge in [-0.15, -0.1) is 0 Å². The van der Waals surface area contributed by atoms with Crippen LogP contribution >= 0.6 is 0 Å². The second-order valence-electron chi connectivity index (χ2n) is 7.31. The van der Waals surface area contributed by atoms with E-state index in [4.69, 9.17) is 10.5 Å². The quantitative estimate of drug-likeness (QED) is 0.638. The number of methoxy groups -OCH3 is 1. The molecule has 1 unspecified atom stereocenters. The third-order valence-electron chi connectivity index (χ3n) is 5.09. The molecule has 158 valence electrons. The summed E-state index contributed by atoms with van der Waals surface area (Å²) < 4.78 is 32.8. The van der Waals surface area contributed by atoms with Crippen molar-refractivity contribution in [2.75, 3.05) is 17.7 Å². The predicted molar refractivity (Wildman–Crippen MR) is 109 cm³/mol. The molecule has 2 atom stereocenters. The molecule has 7 nitrogen and oxygen atoms in total. The van der Waals surface area contributed by atoms with Crippen LogP contribution in [0.25, 0.3) is 0 Å². The van der Waals surface area contributed by atoms with Gasteiger partial charge in [0.25, 0.3) is 5.92 Å². The fraction of sp³-hybridized carbons (Fsp3) is 0.381. The zero-order valence-electron chi connectivity index (χ0n) is 16.7. The molecule has 0 bridgehead atoms. The van der Waals surface area contributed by atoms with Crippen molar-refractivity contribution in [1.29, 1.82) is 5.26 Å². The van der Waals surface area contributed by atoms with E-state index in [0.717, 1.165) is 5.56 Å². The van der Waals surface area contributed by atoms with E-state index in [-0.39, 0.29) is 29.2 Å². The number of hydrogen-bond acceptors (Lipinski definition) is 7. The van der Waals surface area contributed by atoms with Gasteiger partial charge in [-0.3, -0.25) is 0 Å². The topological polar surface area (TPSA) is 113 Å². The molecule has 30 heavy (non-hydrogen) atoms. The molecule has 0 aliphatic heterocycles. The molecule has 1 heterocycles. The van der Waals surface area contributed by atoms with Gasteiger partial charge < -0.3 is 21.1 Å². The Balaban J connectivity index is 2.01. The summed E-state index contributed by atoms with van der Waals surface area (Å²) in [7, 11) is 1.20. The number of halogens is 2. The van der Waals surface area contributed by atoms with Crippen molar-refractivity contribution < 1.29 is 18.3 Å². The summed E-state index contributed by atoms with van der Waals surface area (Å²) in [5, 5.41) is 15.5. The Morgan fingerprint density at radius 2 is 2.17 bits per heavy atom. The van der Waals surface area contributed by atoms with Crippen molar-refractivity contribution in [3.05, 3.63) is 47.0 Å². The number of aryl methyl sites for hydroxylation is 1. The van der Waals surface area contributed by atoms with Crippen molar-refractivity contribution in [2.24, 2.45) is 5.73 Å². The monoisotopic (exact) mass is 415 g/mol. The number of hydrogen-bond donors (Lipinski definition) is 3. The normalized spacial score (nSPS) is 20.1. The molecule has 0 amide bonds. The van der Waals surface area contributed by atoms with Gasteiger partial charge in [-0.2, -0.15) is 5.26 Å². The van der Waals surface area contributed by atoms with E-state index in [2.05, 4.69) is 15.6 Å². The number of aromatic nitrogens is 1. The Morgan fingerprint density at radius 1 is 1.40 bits per heavy atom. The molecule has 0 radical (unpaired) electrons. The number of nitrogens with two attached hydrogens (primary N) is 1. The minimum Gasteiger partial charge on any atom is -0.465 e. The maximum atomic E-state index is 14.0. The summed E-state index contributed by atoms with van der Waals surface area (Å²) in [5.74, 6) is -3.46. The summed E-state index contributed by atoms with van der Waals surface area (Å²) in [5.41, 5.74) is 7.35. The summed E-state index contributed by atoms with van der Waals surface area (Å²) in [6.45, 7) is 1.91. The van der Waals surface area contributed by atoms with E-state index in [1.54, 1.807) is 6.07 Å². The summed E-state index contributed by atoms with van der Waals surface area (Å²) in [6.07, 6.45) is 0.502. The zero-order valence-corrected chi connectivity index (χ0v) is 16.7. The Hall–Kier alpha value is -3.25. The van der Waals surface area contributed by atoms with Gasteiger partial charge in [0.2, 0.25) is 0 Å². The van der Waals surface area contributed by atoms with Crippen LogP contribution in [0.1, 0.15) is 40.7 Å². The second-order valence-corrected chi connectivity index (χ2v) is 7.31. The van der Waals surface area contributed by atoms with Crippen molar-refractivity contribution >= 4 is 23.3 Å². The fourth-order valence-corrected chi connectivity index (χ4v) is 3.52. The molecule has 1 fully saturated rings. The highest BCUT2D eigenvalue weighted by Gasteiger charge is 2.44. The smallest absolute Gasteiger partial charge is 0.343 e. The summed E-state index contributed by atoms with van der Waals surface area (Å²) >= 11 is 0. The van der Waals surface area contributed by atoms with Gasteiger partial charge >= 0.3 is 5.97 Å². The first-order valence-corrected chi connectivity index (χ1v) is 9.52. The zero-order chi connectivity index (χ0) is 21.9. The highest BCUT2D eigenvalue weighted by atomic mass is 19.3. The number of pyridine rings is 1. The Morgan fingerprint density at radius 3 is 2.83 bits per heavy atom. The van der Waals surface area contributed by atoms with Crippen LogP contribution in [0.3, 0.4) is 0 Å². The minimum absolute atomic E-state index is 0.00523. The van der Waals surface area contributed by atoms with Crippen LogP contribution in [0.2, 0.25) is 0 Å². The average Bonchev–Trinajstić information content (AvgIpc) is 2.70. The maximum Gasteiger partial charge on any atom is 0.343 e. The number of benzene rings is 1. The summed E-state index contributed by atoms with van der Waals surface area (Å²) in [6, 6.07) is 8.54. The third kappa shape index (κ3) is 4.49. The second kappa shape index (κ2) is 8.63. The van der Waals surface area contributed by atoms with Gasteiger partial charge in [0.1, 0.15) is 23.3 Å². The number of esters is 1. The first-order chi connectivity index (χ1) is 14.2. The summed E-state index contributed by atoms with van der Waals surface area (Å²) in [4.78, 5) is 16.7. The van der Waals surface area contributed by atoms with Crippen molar-refractivity contribution in [1.82, 2.24) is 4.98 Å². The number of carbonyl (C=O) groups is 1. The predicted octanol–water partition coefficient (Wildman–Crippen LogP) is 3.72. The third-order valence-corrected chi connectivity index (χ3v) is 5.09. The molecule has 1 aliphatic carbocycles. The molecular formula is C21H23F2N5O2. The lowest BCUT2D eigenvalue weighted by Gasteiger charge is -2.36. The van der Waals surface area contributed by atoms with E-state index in [9.17, 15) is 18.8 Å². The molecule has 1 aromatic carbocycles. The molecule has 0 saturated heterocycles. The Labute approximate surface area is 173 Å². The molecule has 1 aromatic heterocycles. The van der Waals surface area contributed by atoms with Crippen LogP contribution in [-0.2, 0) is 4.74 Å². The number of anilines is 3. The first-order valence-electron chi connectivity index (χ1n) is 9.52. The van der Waals surface area contributed by atoms with E-state index in [1.165, 1.54) is 13.2 Å². The molecule has 2 aromatic rings. The van der Waals surface area contributed by atoms with Crippen LogP contribution in [0.5, 0.6) is 0 Å². The largest absolute Gasteiger partial charge is 0.465 e. The fourth-order valence-electron chi connectivity index (χ4n) is 3.52. The van der Waals surface area contributed by atoms with Gasteiger partial charge in [-0.05, 0) is 43.5 Å². The van der Waals surface area contributed by atoms with E-state index in [0.29, 0.717) is 18.5 Å². The molecular weight excluding hydrogens is 392 g/mol. The van der Waals surface area contributed by atoms with Crippen LogP contribution in [0, 0.1) is 18.3 Å². The van der Waals surface area contributed by atoms with Crippen LogP contribution in [0.15, 0.2) is 30.3 Å². The van der Waals surface area contributed by atoms with Gasteiger partial charge in [-0.25, -0.2) is 18.6 Å². The number of alkyl halides is 2. The molecule has 4 N–H and O–H groups in total. The highest BCUT2D eigenvalue weighted by molar-refractivity contribution is 5.98. The molecule has 1 saturated carbocycles. The standard InChI is InChI=1S/C21H23F2N5O2/c1-12-5-3-6-14(9-12)26-19-17(20(29)30-2)13(11-24)10-16(28-19)27-15-7-4-8-21(22,23)18(15)25/h3,5-6,9-10,15,18H,4,7-8,25H2,1-2H3,(H2,26,27,28)/t15?,18-/m1/s1. The lowest BCUT2D eigenvalue weighted by Crippen LogP contribution is -2.55. The lowest BCUT2D eigenvalue weighted by atomic mass is 9.87. The number of ether oxygens (including phenoxy) is 1. The Bertz CT molecular complexity index is 990. The van der Waals surface area contributed by atoms with Crippen LogP contribution in [-0.4, -0.2) is 36.1 Å². The van der Waals surface area contributed by atoms with Gasteiger partial charge in [0.15, 0.2) is 0 Å². The van der Waals surface area contributed by atoms with Crippen molar-refractivity contribution in [2.45, 2.75) is 44.2 Å². The van der Waals surface area contributed by atoms with Gasteiger partial charge in [0, 0.05) is 18.2 Å². The van der Waals surface area contributed by atoms with Crippen LogP contribution < -0.4 is 16.4 Å². The number of nitrogens with zero attached hydrogens (tertiary/aromatic N) is 2. The maximum absolute atomic E-state index is 14.0. The highest BCUT2D eigenvalue weighted by Crippen LogP contribution is 2.34. The van der Waals surface area contributed by atoms with E-state index in [1.807, 2.05) is 31.2 Å². The number of rotatable bonds is 5. The average molecular weight is 415 g/mol. The van der Waals surface area contributed by atoms with E-state index >= 15 is 0 Å². The minimum atomic E-state index is -2.98. The van der Waals surface area contributed by atoms with Gasteiger partial charge in [-0.1, -0.05) is 12.1 Å². The van der Waals surface area contributed by atoms with Crippen molar-refractivity contribution in [3.63, 3.8) is 0 Å². The molecule has 1 aliphatic rings. The van der Waals surface area contributed by atoms with Crippen LogP contribution in [0.4, 0.5) is 26.1 Å². The lowest BCUT2D eigenvalue weighted by molar-refractivity contribution is -0.0554. The molecule has 9 heteroatoms. The molecule has 0 spiro atoms. The number of carbonyl (C=O) groups excluding carboxylic acids is 1. The number of nitrogens with one attached hydrogen (secondary N) is 2. The van der Waals surface area contributed by atoms with E-state index < -0.39 is 24.0 Å². The molecule has 3 rings (SSSR count). The van der Waals surface area contributed by atoms with Gasteiger partial charge in [0.05, 0.1) is 18.7 Å². The SMILES string of the molecule is COC(=O)c1c(C#N)cc(NC2CCCC(F)(F)[C@@H]2N)nc1Nc1cccc(C)c1. The number of nitriles is 1.